The molecule has 2 saturated heterocycles. The van der Waals surface area contributed by atoms with Crippen LogP contribution in [0.1, 0.15) is 153 Å². The zero-order chi connectivity index (χ0) is 94.3. The molecule has 1 saturated carbocycles. The number of aliphatic hydroxyl groups excluding tert-OH is 2. The number of Topliss-reactive ketones (excluding diaryl/α,β-unsaturated/α-hetero) is 2. The maximum absolute atomic E-state index is 15.8. The highest BCUT2D eigenvalue weighted by atomic mass is 32.2. The Labute approximate surface area is 764 Å². The number of halogens is 1. The van der Waals surface area contributed by atoms with E-state index in [1.54, 1.807) is 53.3 Å². The van der Waals surface area contributed by atoms with E-state index in [-0.39, 0.29) is 127 Å². The average molecular weight is 1850 g/mol. The number of ketones is 2. The fourth-order valence-corrected chi connectivity index (χ4v) is 18.0. The normalized spacial score (nSPS) is 25.9. The first-order chi connectivity index (χ1) is 62.4. The molecule has 8 rings (SSSR count). The Balaban J connectivity index is 0.645. The third-order valence-electron chi connectivity index (χ3n) is 24.5. The minimum Gasteiger partial charge on any atom is -0.491 e. The lowest BCUT2D eigenvalue weighted by Gasteiger charge is -2.43. The molecule has 1 aliphatic carbocycles. The maximum atomic E-state index is 15.8. The predicted molar refractivity (Wildman–Crippen MR) is 480 cm³/mol. The maximum Gasteiger partial charge on any atom is 0.407 e. The van der Waals surface area contributed by atoms with Crippen molar-refractivity contribution in [3.05, 3.63) is 119 Å². The van der Waals surface area contributed by atoms with Crippen molar-refractivity contribution in [2.24, 2.45) is 35.5 Å². The summed E-state index contributed by atoms with van der Waals surface area (Å²) in [7, 11) is 0.309. The number of hydrogen-bond acceptors (Lipinski definition) is 29. The van der Waals surface area contributed by atoms with E-state index in [0.29, 0.717) is 148 Å². The molecule has 35 heteroatoms. The number of benzene rings is 2. The van der Waals surface area contributed by atoms with Crippen LogP contribution in [0.3, 0.4) is 0 Å². The Bertz CT molecular complexity index is 4310. The van der Waals surface area contributed by atoms with Crippen molar-refractivity contribution in [2.75, 3.05) is 171 Å². The number of alkyl carbamates (subject to hydrolysis) is 1. The molecule has 16 atom stereocenters. The van der Waals surface area contributed by atoms with Crippen LogP contribution in [-0.4, -0.2) is 306 Å². The number of nitrogens with one attached hydrogen (secondary N) is 2. The van der Waals surface area contributed by atoms with Gasteiger partial charge in [0.1, 0.15) is 59.3 Å². The van der Waals surface area contributed by atoms with Crippen molar-refractivity contribution in [1.82, 2.24) is 25.4 Å². The fourth-order valence-electron chi connectivity index (χ4n) is 16.7. The number of nitrogen functional groups attached to an aromatic ring is 1. The van der Waals surface area contributed by atoms with E-state index in [2.05, 4.69) is 15.6 Å². The lowest BCUT2D eigenvalue weighted by Crippen LogP contribution is -2.61. The van der Waals surface area contributed by atoms with Gasteiger partial charge in [0, 0.05) is 107 Å². The highest BCUT2D eigenvalue weighted by molar-refractivity contribution is 7.91. The number of anilines is 1. The molecule has 3 aromatic rings. The molecule has 0 radical (unpaired) electrons. The fraction of sp³-hybridized carbons (Fsp3) is 0.663. The second-order valence-electron chi connectivity index (χ2n) is 34.3. The molecule has 0 spiro atoms. The second kappa shape index (κ2) is 55.6. The van der Waals surface area contributed by atoms with Crippen molar-refractivity contribution >= 4 is 57.0 Å². The van der Waals surface area contributed by atoms with E-state index in [1.807, 2.05) is 82.3 Å². The standard InChI is InChI=1S/C95H141FN6O27S/c1-62-17-13-12-14-18-63(2)80(115-9)58-74-24-20-68(7)95(112,129-74)90(107)92(109)102-33-16-15-19-76(102)93(110)127-81(59-77(103)64(3)54-67(6)88(106)89(117-11)87(105)66(5)53-62)65(4)55-70-21-26-79(82(56-70)116-10)128-94(111)99-31-36-119-39-41-121-43-45-123-47-49-125-51-50-124-48-46-122-44-42-120-40-38-118-35-30-85(104)98-32-52-130(113,114)83-28-25-75(69(8)86(83)96)91(108)101-34-37-126-78-27-22-71(57-73(78)61-101)72-23-29-84(97)100-60-72/h12-14,17-18,22-23,25,27-29,54,57,60,62,64-66,68,70,74,76-77,79-82,88-89,103,106,112H,15-16,19-21,24,26,30-53,55-56,58-59,61H2,1-11H3,(H2,97,100)(H,98,104)(H,99,111)/t62-,64-,65-,66-,68-,70+,74+,76+,77-,79-,80+,81+,82-,88-,89+,95-/m1/s1. The Kier molecular flexibility index (Phi) is 45.8. The molecule has 2 bridgehead atoms. The van der Waals surface area contributed by atoms with Crippen molar-refractivity contribution in [1.29, 1.82) is 0 Å². The number of sulfone groups is 1. The van der Waals surface area contributed by atoms with Crippen LogP contribution in [0.4, 0.5) is 15.0 Å². The summed E-state index contributed by atoms with van der Waals surface area (Å²) in [5, 5.41) is 41.2. The number of nitrogens with two attached hydrogens (primary N) is 1. The molecule has 1 aromatic heterocycles. The van der Waals surface area contributed by atoms with Gasteiger partial charge in [-0.3, -0.25) is 24.0 Å². The Hall–Kier alpha value is -8.08. The van der Waals surface area contributed by atoms with Gasteiger partial charge in [0.15, 0.2) is 15.6 Å². The molecule has 33 nitrogen and oxygen atoms in total. The van der Waals surface area contributed by atoms with E-state index < -0.39 is 146 Å². The van der Waals surface area contributed by atoms with Gasteiger partial charge < -0.3 is 113 Å². The van der Waals surface area contributed by atoms with Crippen LogP contribution in [-0.2, 0) is 107 Å². The molecule has 0 unspecified atom stereocenters. The molecule has 3 fully saturated rings. The Morgan fingerprint density at radius 2 is 1.34 bits per heavy atom. The SMILES string of the molecule is CO[C@H]1C[C@@H]2CC[C@@H](C)[C@@](O)(O2)C(=O)C(=O)N2CCCC[C@H]2C(=O)O[C@H]([C@H](C)C[C@@H]2CC[C@@H](OC(=O)NCCOCCOCCOCCOCCOCCOCCOCCOCCC(=O)NCCS(=O)(=O)c3ccc(C(=O)N4CCOc5ccc(-c6ccc(N)nc6)cc5C4)c(C)c3F)[C@H](OC)C2)C[C@@H](O)[C@H](C)C=C(C)[C@@H](O)[C@@H](OC)C(=O)[C@H](C)C[C@H](C)C=CC=CC=C1C. The van der Waals surface area contributed by atoms with Gasteiger partial charge >= 0.3 is 12.1 Å². The topological polar surface area (TPSA) is 422 Å². The quantitative estimate of drug-likeness (QED) is 0.0134. The van der Waals surface area contributed by atoms with Crippen LogP contribution >= 0.6 is 0 Å². The van der Waals surface area contributed by atoms with Gasteiger partial charge in [0.05, 0.1) is 142 Å². The Morgan fingerprint density at radius 1 is 0.692 bits per heavy atom. The number of rotatable bonds is 40. The summed E-state index contributed by atoms with van der Waals surface area (Å²) in [5.74, 6) is -9.53. The molecule has 130 heavy (non-hydrogen) atoms. The summed E-state index contributed by atoms with van der Waals surface area (Å²) in [6, 6.07) is 10.3. The zero-order valence-electron chi connectivity index (χ0n) is 77.5. The number of carbonyl (C=O) groups excluding carboxylic acids is 7. The summed E-state index contributed by atoms with van der Waals surface area (Å²) < 4.78 is 129. The smallest absolute Gasteiger partial charge is 0.407 e. The molecular weight excluding hydrogens is 1710 g/mol. The van der Waals surface area contributed by atoms with Crippen molar-refractivity contribution < 1.29 is 133 Å². The van der Waals surface area contributed by atoms with Crippen molar-refractivity contribution in [3.8, 4) is 16.9 Å². The molecule has 4 amide bonds. The molecule has 2 aromatic carbocycles. The van der Waals surface area contributed by atoms with Crippen LogP contribution < -0.4 is 21.1 Å². The van der Waals surface area contributed by atoms with Crippen LogP contribution in [0, 0.1) is 48.2 Å². The molecule has 726 valence electrons. The first-order valence-electron chi connectivity index (χ1n) is 45.6. The van der Waals surface area contributed by atoms with Gasteiger partial charge in [0.25, 0.3) is 17.6 Å². The number of cyclic esters (lactones) is 1. The molecule has 5 heterocycles. The van der Waals surface area contributed by atoms with Gasteiger partial charge in [-0.05, 0) is 161 Å². The van der Waals surface area contributed by atoms with Gasteiger partial charge in [-0.1, -0.05) is 77.1 Å². The first kappa shape index (κ1) is 107. The van der Waals surface area contributed by atoms with Crippen LogP contribution in [0.5, 0.6) is 5.75 Å². The zero-order valence-corrected chi connectivity index (χ0v) is 78.4. The summed E-state index contributed by atoms with van der Waals surface area (Å²) >= 11 is 0. The monoisotopic (exact) mass is 1850 g/mol. The second-order valence-corrected chi connectivity index (χ2v) is 36.4. The van der Waals surface area contributed by atoms with E-state index in [1.165, 1.54) is 29.9 Å². The number of hydrogen-bond donors (Lipinski definition) is 6. The summed E-state index contributed by atoms with van der Waals surface area (Å²) in [5.41, 5.74) is 9.33. The number of piperidine rings is 1. The number of amides is 4. The number of esters is 1. The van der Waals surface area contributed by atoms with Gasteiger partial charge in [-0.2, -0.15) is 0 Å². The number of fused-ring (bicyclic) bond motifs is 4. The number of aromatic nitrogens is 1. The highest BCUT2D eigenvalue weighted by Gasteiger charge is 2.53. The minimum absolute atomic E-state index is 0.00578. The lowest BCUT2D eigenvalue weighted by molar-refractivity contribution is -0.265. The van der Waals surface area contributed by atoms with Gasteiger partial charge in [-0.15, -0.1) is 0 Å². The summed E-state index contributed by atoms with van der Waals surface area (Å²) in [4.78, 5) is 103. The molecule has 4 aliphatic heterocycles. The number of methoxy groups -OCH3 is 3. The van der Waals surface area contributed by atoms with Crippen molar-refractivity contribution in [3.63, 3.8) is 0 Å². The summed E-state index contributed by atoms with van der Waals surface area (Å²) in [6.45, 7) is 19.5. The number of nitrogens with zero attached hydrogens (tertiary/aromatic N) is 3. The molecule has 5 aliphatic rings. The molecule has 7 N–H and O–H groups in total. The summed E-state index contributed by atoms with van der Waals surface area (Å²) in [6.07, 6.45) is 10.3. The van der Waals surface area contributed by atoms with Crippen LogP contribution in [0.15, 0.2) is 101 Å². The highest BCUT2D eigenvalue weighted by Crippen LogP contribution is 2.40. The third-order valence-corrected chi connectivity index (χ3v) is 26.3. The number of allylic oxidation sites excluding steroid dienone is 5. The first-order valence-corrected chi connectivity index (χ1v) is 47.3. The van der Waals surface area contributed by atoms with Gasteiger partial charge in [0.2, 0.25) is 11.7 Å². The number of aliphatic hydroxyl groups is 3. The van der Waals surface area contributed by atoms with Crippen molar-refractivity contribution in [2.45, 2.75) is 211 Å². The average Bonchev–Trinajstić information content (AvgIpc) is 1.28. The Morgan fingerprint density at radius 3 is 1.97 bits per heavy atom. The van der Waals surface area contributed by atoms with E-state index in [0.717, 1.165) is 28.3 Å². The largest absolute Gasteiger partial charge is 0.491 e. The van der Waals surface area contributed by atoms with Crippen LogP contribution in [0.2, 0.25) is 0 Å². The third kappa shape index (κ3) is 33.5. The number of ether oxygens (including phenoxy) is 15. The van der Waals surface area contributed by atoms with Crippen LogP contribution in [0.25, 0.3) is 11.1 Å². The molecular formula is C95H141FN6O27S. The van der Waals surface area contributed by atoms with Gasteiger partial charge in [-0.25, -0.2) is 27.4 Å². The van der Waals surface area contributed by atoms with E-state index >= 15 is 4.39 Å². The number of pyridine rings is 1. The van der Waals surface area contributed by atoms with E-state index in [4.69, 9.17) is 76.8 Å². The lowest BCUT2D eigenvalue weighted by atomic mass is 9.78. The minimum atomic E-state index is -4.19. The van der Waals surface area contributed by atoms with E-state index in [9.17, 15) is 57.3 Å². The predicted octanol–water partition coefficient (Wildman–Crippen LogP) is 8.95. The number of carbonyl (C=O) groups is 7.